The minimum atomic E-state index is 0.0647. The second-order valence-electron chi connectivity index (χ2n) is 4.63. The molecule has 4 nitrogen and oxygen atoms in total. The number of rotatable bonds is 5. The Morgan fingerprint density at radius 3 is 3.05 bits per heavy atom. The summed E-state index contributed by atoms with van der Waals surface area (Å²) in [5.74, 6) is 0.663. The van der Waals surface area contributed by atoms with Gasteiger partial charge in [-0.15, -0.1) is 22.7 Å². The smallest absolute Gasteiger partial charge is 0.226 e. The van der Waals surface area contributed by atoms with E-state index in [4.69, 9.17) is 0 Å². The van der Waals surface area contributed by atoms with E-state index in [2.05, 4.69) is 21.7 Å². The van der Waals surface area contributed by atoms with Crippen molar-refractivity contribution in [2.24, 2.45) is 5.92 Å². The van der Waals surface area contributed by atoms with Crippen LogP contribution in [0.1, 0.15) is 5.69 Å². The molecule has 0 spiro atoms. The number of thiophene rings is 1. The van der Waals surface area contributed by atoms with Gasteiger partial charge < -0.3 is 10.6 Å². The molecule has 2 N–H and O–H groups in total. The van der Waals surface area contributed by atoms with E-state index in [0.717, 1.165) is 35.2 Å². The van der Waals surface area contributed by atoms with Gasteiger partial charge in [-0.3, -0.25) is 4.79 Å². The normalized spacial score (nSPS) is 15.2. The molecule has 1 aliphatic rings. The summed E-state index contributed by atoms with van der Waals surface area (Å²) in [4.78, 5) is 17.5. The molecule has 0 unspecified atom stereocenters. The maximum atomic E-state index is 11.8. The van der Waals surface area contributed by atoms with Gasteiger partial charge >= 0.3 is 0 Å². The molecule has 0 saturated carbocycles. The van der Waals surface area contributed by atoms with Crippen LogP contribution in [0.3, 0.4) is 0 Å². The second-order valence-corrected chi connectivity index (χ2v) is 6.43. The fraction of sp³-hybridized carbons (Fsp3) is 0.385. The summed E-state index contributed by atoms with van der Waals surface area (Å²) in [5, 5.41) is 11.2. The van der Waals surface area contributed by atoms with E-state index < -0.39 is 0 Å². The van der Waals surface area contributed by atoms with Crippen molar-refractivity contribution in [3.63, 3.8) is 0 Å². The van der Waals surface area contributed by atoms with Crippen LogP contribution in [0.25, 0.3) is 9.88 Å². The molecule has 19 heavy (non-hydrogen) atoms. The standard InChI is InChI=1S/C13H15N3OS2/c17-12(15-7-9-5-14-6-9)4-10-8-19-13(16-10)11-2-1-3-18-11/h1-3,8-9,14H,4-7H2,(H,15,17). The molecule has 1 saturated heterocycles. The summed E-state index contributed by atoms with van der Waals surface area (Å²) >= 11 is 3.27. The van der Waals surface area contributed by atoms with Crippen LogP contribution in [0.2, 0.25) is 0 Å². The SMILES string of the molecule is O=C(Cc1csc(-c2cccs2)n1)NCC1CNC1. The van der Waals surface area contributed by atoms with Gasteiger partial charge in [-0.2, -0.15) is 0 Å². The van der Waals surface area contributed by atoms with Crippen LogP contribution >= 0.6 is 22.7 Å². The van der Waals surface area contributed by atoms with E-state index in [0.29, 0.717) is 12.3 Å². The molecule has 6 heteroatoms. The van der Waals surface area contributed by atoms with Crippen LogP contribution in [0.5, 0.6) is 0 Å². The summed E-state index contributed by atoms with van der Waals surface area (Å²) in [5.41, 5.74) is 0.859. The summed E-state index contributed by atoms with van der Waals surface area (Å²) in [6, 6.07) is 4.07. The van der Waals surface area contributed by atoms with Crippen LogP contribution in [0, 0.1) is 5.92 Å². The second kappa shape index (κ2) is 5.81. The van der Waals surface area contributed by atoms with Crippen molar-refractivity contribution in [2.45, 2.75) is 6.42 Å². The van der Waals surface area contributed by atoms with Crippen molar-refractivity contribution in [3.05, 3.63) is 28.6 Å². The van der Waals surface area contributed by atoms with E-state index in [9.17, 15) is 4.79 Å². The molecule has 2 aromatic heterocycles. The summed E-state index contributed by atoms with van der Waals surface area (Å²) in [6.07, 6.45) is 0.377. The van der Waals surface area contributed by atoms with Crippen molar-refractivity contribution < 1.29 is 4.79 Å². The lowest BCUT2D eigenvalue weighted by Gasteiger charge is -2.26. The number of carbonyl (C=O) groups is 1. The number of hydrogen-bond acceptors (Lipinski definition) is 5. The number of nitrogens with zero attached hydrogens (tertiary/aromatic N) is 1. The molecule has 2 aromatic rings. The maximum Gasteiger partial charge on any atom is 0.226 e. The predicted molar refractivity (Wildman–Crippen MR) is 78.5 cm³/mol. The third kappa shape index (κ3) is 3.20. The Morgan fingerprint density at radius 1 is 1.47 bits per heavy atom. The Bertz CT molecular complexity index is 546. The lowest BCUT2D eigenvalue weighted by atomic mass is 10.0. The average molecular weight is 293 g/mol. The molecule has 0 atom stereocenters. The molecule has 0 radical (unpaired) electrons. The van der Waals surface area contributed by atoms with E-state index in [-0.39, 0.29) is 5.91 Å². The molecule has 0 aromatic carbocycles. The fourth-order valence-electron chi connectivity index (χ4n) is 1.88. The monoisotopic (exact) mass is 293 g/mol. The van der Waals surface area contributed by atoms with Gasteiger partial charge in [0.15, 0.2) is 0 Å². The zero-order chi connectivity index (χ0) is 13.1. The first-order chi connectivity index (χ1) is 9.31. The van der Waals surface area contributed by atoms with Crippen LogP contribution in [-0.2, 0) is 11.2 Å². The highest BCUT2D eigenvalue weighted by Crippen LogP contribution is 2.27. The number of carbonyl (C=O) groups excluding carboxylic acids is 1. The Hall–Kier alpha value is -1.24. The fourth-order valence-corrected chi connectivity index (χ4v) is 3.51. The Balaban J connectivity index is 1.53. The number of hydrogen-bond donors (Lipinski definition) is 2. The van der Waals surface area contributed by atoms with E-state index in [1.165, 1.54) is 0 Å². The molecule has 1 amide bonds. The topological polar surface area (TPSA) is 54.0 Å². The van der Waals surface area contributed by atoms with Crippen molar-refractivity contribution in [1.29, 1.82) is 0 Å². The molecule has 100 valence electrons. The average Bonchev–Trinajstić information content (AvgIpc) is 2.96. The lowest BCUT2D eigenvalue weighted by molar-refractivity contribution is -0.120. The first-order valence-corrected chi connectivity index (χ1v) is 8.03. The van der Waals surface area contributed by atoms with Gasteiger partial charge in [0, 0.05) is 30.9 Å². The van der Waals surface area contributed by atoms with Crippen LogP contribution in [0.15, 0.2) is 22.9 Å². The Kier molecular flexibility index (Phi) is 3.91. The van der Waals surface area contributed by atoms with Crippen molar-refractivity contribution in [2.75, 3.05) is 19.6 Å². The zero-order valence-electron chi connectivity index (χ0n) is 10.4. The van der Waals surface area contributed by atoms with Crippen molar-refractivity contribution in [3.8, 4) is 9.88 Å². The largest absolute Gasteiger partial charge is 0.355 e. The highest BCUT2D eigenvalue weighted by molar-refractivity contribution is 7.20. The summed E-state index contributed by atoms with van der Waals surface area (Å²) in [6.45, 7) is 2.80. The number of amides is 1. The quantitative estimate of drug-likeness (QED) is 0.883. The summed E-state index contributed by atoms with van der Waals surface area (Å²) in [7, 11) is 0. The maximum absolute atomic E-state index is 11.8. The zero-order valence-corrected chi connectivity index (χ0v) is 12.0. The van der Waals surface area contributed by atoms with Crippen LogP contribution in [-0.4, -0.2) is 30.5 Å². The van der Waals surface area contributed by atoms with E-state index in [1.54, 1.807) is 22.7 Å². The minimum Gasteiger partial charge on any atom is -0.355 e. The first kappa shape index (κ1) is 12.8. The highest BCUT2D eigenvalue weighted by Gasteiger charge is 2.17. The Labute approximate surface area is 119 Å². The van der Waals surface area contributed by atoms with Gasteiger partial charge in [-0.25, -0.2) is 4.98 Å². The van der Waals surface area contributed by atoms with Crippen LogP contribution < -0.4 is 10.6 Å². The van der Waals surface area contributed by atoms with Crippen molar-refractivity contribution in [1.82, 2.24) is 15.6 Å². The first-order valence-electron chi connectivity index (χ1n) is 6.27. The predicted octanol–water partition coefficient (Wildman–Crippen LogP) is 1.75. The third-order valence-electron chi connectivity index (χ3n) is 3.08. The molecule has 3 rings (SSSR count). The molecular weight excluding hydrogens is 278 g/mol. The molecule has 1 aliphatic heterocycles. The van der Waals surface area contributed by atoms with Gasteiger partial charge in [-0.05, 0) is 11.4 Å². The van der Waals surface area contributed by atoms with Gasteiger partial charge in [0.05, 0.1) is 17.0 Å². The van der Waals surface area contributed by atoms with Crippen molar-refractivity contribution >= 4 is 28.6 Å². The van der Waals surface area contributed by atoms with E-state index in [1.807, 2.05) is 16.8 Å². The lowest BCUT2D eigenvalue weighted by Crippen LogP contribution is -2.48. The molecular formula is C13H15N3OS2. The molecule has 0 bridgehead atoms. The third-order valence-corrected chi connectivity index (χ3v) is 5.01. The molecule has 3 heterocycles. The number of nitrogens with one attached hydrogen (secondary N) is 2. The van der Waals surface area contributed by atoms with Gasteiger partial charge in [0.25, 0.3) is 0 Å². The number of aromatic nitrogens is 1. The van der Waals surface area contributed by atoms with Crippen LogP contribution in [0.4, 0.5) is 0 Å². The number of thiazole rings is 1. The van der Waals surface area contributed by atoms with Gasteiger partial charge in [0.2, 0.25) is 5.91 Å². The molecule has 1 fully saturated rings. The highest BCUT2D eigenvalue weighted by atomic mass is 32.1. The van der Waals surface area contributed by atoms with E-state index >= 15 is 0 Å². The molecule has 0 aliphatic carbocycles. The Morgan fingerprint density at radius 2 is 2.37 bits per heavy atom. The minimum absolute atomic E-state index is 0.0647. The van der Waals surface area contributed by atoms with Gasteiger partial charge in [-0.1, -0.05) is 6.07 Å². The van der Waals surface area contributed by atoms with Gasteiger partial charge in [0.1, 0.15) is 5.01 Å². The summed E-state index contributed by atoms with van der Waals surface area (Å²) < 4.78 is 0.